The van der Waals surface area contributed by atoms with Gasteiger partial charge in [-0.2, -0.15) is 0 Å². The van der Waals surface area contributed by atoms with Crippen molar-refractivity contribution in [2.45, 2.75) is 58.6 Å². The van der Waals surface area contributed by atoms with Crippen molar-refractivity contribution >= 4 is 12.0 Å². The standard InChI is InChI=1S/C19H28N2O5/c1-12(2)10-16(17(22)20-15-8-9-25-18(15)23)21-19(24)26-11-14-6-4-13(3)5-7-14/h4-7,12,15-16,18,23H,8-11H2,1-3H3,(H,20,22)(H,21,24). The molecule has 0 bridgehead atoms. The number of ether oxygens (including phenoxy) is 2. The molecule has 7 nitrogen and oxygen atoms in total. The highest BCUT2D eigenvalue weighted by Crippen LogP contribution is 2.12. The van der Waals surface area contributed by atoms with Gasteiger partial charge in [0.25, 0.3) is 0 Å². The van der Waals surface area contributed by atoms with Crippen molar-refractivity contribution in [3.8, 4) is 0 Å². The zero-order chi connectivity index (χ0) is 19.1. The fourth-order valence-corrected chi connectivity index (χ4v) is 2.72. The minimum Gasteiger partial charge on any atom is -0.445 e. The van der Waals surface area contributed by atoms with Gasteiger partial charge in [-0.1, -0.05) is 43.7 Å². The lowest BCUT2D eigenvalue weighted by Gasteiger charge is -2.23. The number of aliphatic hydroxyl groups excluding tert-OH is 1. The fraction of sp³-hybridized carbons (Fsp3) is 0.579. The van der Waals surface area contributed by atoms with E-state index in [1.165, 1.54) is 0 Å². The number of carbonyl (C=O) groups excluding carboxylic acids is 2. The predicted molar refractivity (Wildman–Crippen MR) is 96.2 cm³/mol. The van der Waals surface area contributed by atoms with E-state index in [2.05, 4.69) is 10.6 Å². The molecule has 3 atom stereocenters. The van der Waals surface area contributed by atoms with E-state index in [-0.39, 0.29) is 18.4 Å². The van der Waals surface area contributed by atoms with Crippen molar-refractivity contribution in [3.63, 3.8) is 0 Å². The largest absolute Gasteiger partial charge is 0.445 e. The minimum absolute atomic E-state index is 0.136. The van der Waals surface area contributed by atoms with Crippen LogP contribution in [0.25, 0.3) is 0 Å². The van der Waals surface area contributed by atoms with E-state index in [9.17, 15) is 14.7 Å². The van der Waals surface area contributed by atoms with E-state index in [1.54, 1.807) is 0 Å². The van der Waals surface area contributed by atoms with E-state index in [1.807, 2.05) is 45.0 Å². The maximum atomic E-state index is 12.5. The summed E-state index contributed by atoms with van der Waals surface area (Å²) in [5.41, 5.74) is 2.01. The summed E-state index contributed by atoms with van der Waals surface area (Å²) in [6.45, 7) is 6.45. The first-order chi connectivity index (χ1) is 12.3. The molecule has 144 valence electrons. The molecule has 0 aromatic heterocycles. The number of aliphatic hydroxyl groups is 1. The molecule has 26 heavy (non-hydrogen) atoms. The zero-order valence-corrected chi connectivity index (χ0v) is 15.5. The van der Waals surface area contributed by atoms with Gasteiger partial charge >= 0.3 is 6.09 Å². The van der Waals surface area contributed by atoms with Crippen LogP contribution < -0.4 is 10.6 Å². The molecule has 0 spiro atoms. The smallest absolute Gasteiger partial charge is 0.408 e. The Balaban J connectivity index is 1.87. The van der Waals surface area contributed by atoms with Crippen molar-refractivity contribution in [2.24, 2.45) is 5.92 Å². The molecular weight excluding hydrogens is 336 g/mol. The number of alkyl carbamates (subject to hydrolysis) is 1. The van der Waals surface area contributed by atoms with Crippen LogP contribution in [0.5, 0.6) is 0 Å². The lowest BCUT2D eigenvalue weighted by Crippen LogP contribution is -2.51. The maximum Gasteiger partial charge on any atom is 0.408 e. The Labute approximate surface area is 154 Å². The number of carbonyl (C=O) groups is 2. The molecule has 1 aliphatic heterocycles. The molecule has 1 heterocycles. The SMILES string of the molecule is Cc1ccc(COC(=O)NC(CC(C)C)C(=O)NC2CCOC2O)cc1. The van der Waals surface area contributed by atoms with E-state index < -0.39 is 24.5 Å². The molecule has 3 unspecified atom stereocenters. The molecule has 2 rings (SSSR count). The van der Waals surface area contributed by atoms with Gasteiger partial charge < -0.3 is 25.2 Å². The van der Waals surface area contributed by atoms with Crippen LogP contribution in [-0.4, -0.2) is 42.1 Å². The average molecular weight is 364 g/mol. The number of amides is 2. The second kappa shape index (κ2) is 9.54. The van der Waals surface area contributed by atoms with Gasteiger partial charge in [-0.25, -0.2) is 4.79 Å². The van der Waals surface area contributed by atoms with Gasteiger partial charge in [0, 0.05) is 0 Å². The Hall–Kier alpha value is -2.12. The van der Waals surface area contributed by atoms with Crippen LogP contribution in [0.1, 0.15) is 37.8 Å². The van der Waals surface area contributed by atoms with E-state index in [0.29, 0.717) is 19.4 Å². The highest BCUT2D eigenvalue weighted by Gasteiger charge is 2.31. The number of rotatable bonds is 7. The lowest BCUT2D eigenvalue weighted by molar-refractivity contribution is -0.127. The van der Waals surface area contributed by atoms with E-state index in [4.69, 9.17) is 9.47 Å². The summed E-state index contributed by atoms with van der Waals surface area (Å²) in [5.74, 6) is -0.145. The van der Waals surface area contributed by atoms with Gasteiger partial charge in [0.2, 0.25) is 5.91 Å². The molecule has 0 aliphatic carbocycles. The summed E-state index contributed by atoms with van der Waals surface area (Å²) in [5, 5.41) is 15.0. The first-order valence-corrected chi connectivity index (χ1v) is 8.94. The third-order valence-corrected chi connectivity index (χ3v) is 4.20. The number of benzene rings is 1. The van der Waals surface area contributed by atoms with E-state index >= 15 is 0 Å². The molecule has 1 saturated heterocycles. The summed E-state index contributed by atoms with van der Waals surface area (Å²) in [4.78, 5) is 24.6. The average Bonchev–Trinajstić information content (AvgIpc) is 2.98. The first-order valence-electron chi connectivity index (χ1n) is 8.94. The Bertz CT molecular complexity index is 602. The molecule has 2 amide bonds. The van der Waals surface area contributed by atoms with Gasteiger partial charge in [0.1, 0.15) is 12.6 Å². The van der Waals surface area contributed by atoms with Gasteiger partial charge in [-0.3, -0.25) is 4.79 Å². The summed E-state index contributed by atoms with van der Waals surface area (Å²) in [6.07, 6.45) is -0.643. The number of hydrogen-bond donors (Lipinski definition) is 3. The number of hydrogen-bond acceptors (Lipinski definition) is 5. The van der Waals surface area contributed by atoms with Crippen LogP contribution >= 0.6 is 0 Å². The molecule has 0 radical (unpaired) electrons. The van der Waals surface area contributed by atoms with E-state index in [0.717, 1.165) is 11.1 Å². The quantitative estimate of drug-likeness (QED) is 0.686. The summed E-state index contributed by atoms with van der Waals surface area (Å²) in [6, 6.07) is 6.49. The van der Waals surface area contributed by atoms with Crippen molar-refractivity contribution in [3.05, 3.63) is 35.4 Å². The van der Waals surface area contributed by atoms with Crippen molar-refractivity contribution in [2.75, 3.05) is 6.61 Å². The Morgan fingerprint density at radius 3 is 2.58 bits per heavy atom. The van der Waals surface area contributed by atoms with Gasteiger partial charge in [-0.05, 0) is 31.2 Å². The topological polar surface area (TPSA) is 96.9 Å². The Morgan fingerprint density at radius 1 is 1.31 bits per heavy atom. The molecule has 1 fully saturated rings. The molecule has 3 N–H and O–H groups in total. The first kappa shape index (κ1) is 20.2. The molecular formula is C19H28N2O5. The molecule has 0 saturated carbocycles. The zero-order valence-electron chi connectivity index (χ0n) is 15.5. The predicted octanol–water partition coefficient (Wildman–Crippen LogP) is 1.86. The fourth-order valence-electron chi connectivity index (χ4n) is 2.72. The summed E-state index contributed by atoms with van der Waals surface area (Å²) in [7, 11) is 0. The second-order valence-corrected chi connectivity index (χ2v) is 7.05. The Kier molecular flexibility index (Phi) is 7.41. The molecule has 1 aromatic rings. The minimum atomic E-state index is -1.01. The van der Waals surface area contributed by atoms with Crippen LogP contribution in [0.15, 0.2) is 24.3 Å². The maximum absolute atomic E-state index is 12.5. The third kappa shape index (κ3) is 6.31. The van der Waals surface area contributed by atoms with Gasteiger partial charge in [0.05, 0.1) is 12.6 Å². The molecule has 7 heteroatoms. The second-order valence-electron chi connectivity index (χ2n) is 7.05. The monoisotopic (exact) mass is 364 g/mol. The van der Waals surface area contributed by atoms with Crippen molar-refractivity contribution in [1.82, 2.24) is 10.6 Å². The summed E-state index contributed by atoms with van der Waals surface area (Å²) >= 11 is 0. The van der Waals surface area contributed by atoms with Crippen LogP contribution in [0, 0.1) is 12.8 Å². The number of aryl methyl sites for hydroxylation is 1. The Morgan fingerprint density at radius 2 is 2.00 bits per heavy atom. The van der Waals surface area contributed by atoms with Crippen LogP contribution in [-0.2, 0) is 20.9 Å². The summed E-state index contributed by atoms with van der Waals surface area (Å²) < 4.78 is 10.3. The molecule has 1 aliphatic rings. The molecule has 1 aromatic carbocycles. The van der Waals surface area contributed by atoms with Gasteiger partial charge in [0.15, 0.2) is 6.29 Å². The lowest BCUT2D eigenvalue weighted by atomic mass is 10.0. The number of nitrogens with one attached hydrogen (secondary N) is 2. The van der Waals surface area contributed by atoms with Crippen molar-refractivity contribution < 1.29 is 24.2 Å². The third-order valence-electron chi connectivity index (χ3n) is 4.20. The van der Waals surface area contributed by atoms with Gasteiger partial charge in [-0.15, -0.1) is 0 Å². The highest BCUT2D eigenvalue weighted by molar-refractivity contribution is 5.85. The van der Waals surface area contributed by atoms with Crippen LogP contribution in [0.2, 0.25) is 0 Å². The van der Waals surface area contributed by atoms with Crippen LogP contribution in [0.3, 0.4) is 0 Å². The highest BCUT2D eigenvalue weighted by atomic mass is 16.6. The normalized spacial score (nSPS) is 20.7. The van der Waals surface area contributed by atoms with Crippen molar-refractivity contribution in [1.29, 1.82) is 0 Å². The van der Waals surface area contributed by atoms with Crippen LogP contribution in [0.4, 0.5) is 4.79 Å².